The van der Waals surface area contributed by atoms with E-state index in [0.717, 1.165) is 17.3 Å². The minimum Gasteiger partial charge on any atom is -0.356 e. The number of nitrogens with one attached hydrogen (secondary N) is 1. The van der Waals surface area contributed by atoms with Crippen molar-refractivity contribution in [2.45, 2.75) is 38.0 Å². The molecule has 5 aromatic rings. The summed E-state index contributed by atoms with van der Waals surface area (Å²) in [6.45, 7) is 0. The highest BCUT2D eigenvalue weighted by Gasteiger charge is 2.15. The van der Waals surface area contributed by atoms with Crippen LogP contribution in [0.5, 0.6) is 0 Å². The van der Waals surface area contributed by atoms with Crippen molar-refractivity contribution in [1.29, 1.82) is 0 Å². The first-order valence-electron chi connectivity index (χ1n) is 12.9. The zero-order chi connectivity index (χ0) is 23.5. The molecule has 0 amide bonds. The first kappa shape index (κ1) is 21.7. The quantitative estimate of drug-likeness (QED) is 0.279. The van der Waals surface area contributed by atoms with Gasteiger partial charge in [0.25, 0.3) is 0 Å². The van der Waals surface area contributed by atoms with Gasteiger partial charge in [0.2, 0.25) is 0 Å². The van der Waals surface area contributed by atoms with Crippen LogP contribution in [-0.2, 0) is 0 Å². The first-order valence-corrected chi connectivity index (χ1v) is 12.9. The van der Waals surface area contributed by atoms with Gasteiger partial charge in [0.1, 0.15) is 0 Å². The molecule has 1 nitrogen and oxygen atoms in total. The lowest BCUT2D eigenvalue weighted by Crippen LogP contribution is -2.04. The van der Waals surface area contributed by atoms with Crippen molar-refractivity contribution in [2.75, 3.05) is 5.32 Å². The van der Waals surface area contributed by atoms with Gasteiger partial charge in [-0.3, -0.25) is 0 Å². The number of anilines is 2. The van der Waals surface area contributed by atoms with E-state index in [0.29, 0.717) is 0 Å². The predicted octanol–water partition coefficient (Wildman–Crippen LogP) is 9.97. The SMILES string of the molecule is c1ccc(-c2cc3ccccc3cc2-c2ccc(Nc3ccc(C4CCCCC4)cc3)cc2)cc1. The summed E-state index contributed by atoms with van der Waals surface area (Å²) in [5.74, 6) is 0.748. The van der Waals surface area contributed by atoms with Crippen molar-refractivity contribution in [3.63, 3.8) is 0 Å². The highest BCUT2D eigenvalue weighted by Crippen LogP contribution is 2.37. The molecule has 1 aliphatic rings. The molecule has 6 rings (SSSR count). The summed E-state index contributed by atoms with van der Waals surface area (Å²) in [4.78, 5) is 0. The molecule has 1 saturated carbocycles. The number of hydrogen-bond donors (Lipinski definition) is 1. The lowest BCUT2D eigenvalue weighted by atomic mass is 9.84. The molecule has 0 aromatic heterocycles. The molecule has 1 aliphatic carbocycles. The Morgan fingerprint density at radius 2 is 1.00 bits per heavy atom. The molecule has 0 atom stereocenters. The highest BCUT2D eigenvalue weighted by molar-refractivity contribution is 5.96. The molecule has 172 valence electrons. The summed E-state index contributed by atoms with van der Waals surface area (Å²) in [6.07, 6.45) is 6.83. The van der Waals surface area contributed by atoms with Gasteiger partial charge in [0.15, 0.2) is 0 Å². The fourth-order valence-corrected chi connectivity index (χ4v) is 5.51. The standard InChI is InChI=1S/C34H31N/c1-3-9-25(10-4-1)26-15-19-31(20-16-26)35-32-21-17-28(18-22-32)34-24-30-14-8-7-13-29(30)23-33(34)27-11-5-2-6-12-27/h2,5-8,11-25,35H,1,3-4,9-10H2. The van der Waals surface area contributed by atoms with E-state index in [1.165, 1.54) is 70.7 Å². The van der Waals surface area contributed by atoms with Crippen LogP contribution in [0.1, 0.15) is 43.6 Å². The normalized spacial score (nSPS) is 14.2. The monoisotopic (exact) mass is 453 g/mol. The topological polar surface area (TPSA) is 12.0 Å². The van der Waals surface area contributed by atoms with Crippen molar-refractivity contribution < 1.29 is 0 Å². The van der Waals surface area contributed by atoms with Gasteiger partial charge in [-0.1, -0.05) is 98.1 Å². The smallest absolute Gasteiger partial charge is 0.0384 e. The van der Waals surface area contributed by atoms with Gasteiger partial charge in [0, 0.05) is 11.4 Å². The lowest BCUT2D eigenvalue weighted by Gasteiger charge is -2.22. The lowest BCUT2D eigenvalue weighted by molar-refractivity contribution is 0.443. The molecule has 0 unspecified atom stereocenters. The second-order valence-corrected chi connectivity index (χ2v) is 9.77. The van der Waals surface area contributed by atoms with E-state index in [9.17, 15) is 0 Å². The zero-order valence-corrected chi connectivity index (χ0v) is 20.1. The largest absolute Gasteiger partial charge is 0.356 e. The number of fused-ring (bicyclic) bond motifs is 1. The molecule has 1 N–H and O–H groups in total. The second-order valence-electron chi connectivity index (χ2n) is 9.77. The van der Waals surface area contributed by atoms with Gasteiger partial charge in [-0.15, -0.1) is 0 Å². The molecule has 35 heavy (non-hydrogen) atoms. The van der Waals surface area contributed by atoms with Gasteiger partial charge in [-0.2, -0.15) is 0 Å². The minimum atomic E-state index is 0.748. The molecule has 0 heterocycles. The molecule has 0 saturated heterocycles. The first-order chi connectivity index (χ1) is 17.3. The number of rotatable bonds is 5. The molecule has 0 radical (unpaired) electrons. The van der Waals surface area contributed by atoms with Crippen molar-refractivity contribution in [1.82, 2.24) is 0 Å². The van der Waals surface area contributed by atoms with Crippen LogP contribution in [0.2, 0.25) is 0 Å². The van der Waals surface area contributed by atoms with Crippen LogP contribution in [0.3, 0.4) is 0 Å². The molecular formula is C34H31N. The Balaban J connectivity index is 1.27. The summed E-state index contributed by atoms with van der Waals surface area (Å²) in [6, 6.07) is 41.9. The predicted molar refractivity (Wildman–Crippen MR) is 150 cm³/mol. The van der Waals surface area contributed by atoms with Crippen LogP contribution >= 0.6 is 0 Å². The summed E-state index contributed by atoms with van der Waals surface area (Å²) in [5, 5.41) is 6.12. The van der Waals surface area contributed by atoms with E-state index in [1.54, 1.807) is 0 Å². The van der Waals surface area contributed by atoms with E-state index in [-0.39, 0.29) is 0 Å². The van der Waals surface area contributed by atoms with Crippen LogP contribution < -0.4 is 5.32 Å². The van der Waals surface area contributed by atoms with E-state index in [2.05, 4.69) is 121 Å². The van der Waals surface area contributed by atoms with Crippen LogP contribution in [0.15, 0.2) is 115 Å². The second kappa shape index (κ2) is 9.80. The van der Waals surface area contributed by atoms with Gasteiger partial charge in [0.05, 0.1) is 0 Å². The minimum absolute atomic E-state index is 0.748. The number of benzene rings is 5. The maximum Gasteiger partial charge on any atom is 0.0384 e. The maximum absolute atomic E-state index is 3.59. The average molecular weight is 454 g/mol. The highest BCUT2D eigenvalue weighted by atomic mass is 14.9. The van der Waals surface area contributed by atoms with Crippen LogP contribution in [-0.4, -0.2) is 0 Å². The summed E-state index contributed by atoms with van der Waals surface area (Å²) in [7, 11) is 0. The zero-order valence-electron chi connectivity index (χ0n) is 20.1. The van der Waals surface area contributed by atoms with Gasteiger partial charge >= 0.3 is 0 Å². The van der Waals surface area contributed by atoms with Crippen LogP contribution in [0.4, 0.5) is 11.4 Å². The van der Waals surface area contributed by atoms with Crippen molar-refractivity contribution in [2.24, 2.45) is 0 Å². The molecule has 5 aromatic carbocycles. The third kappa shape index (κ3) is 4.72. The average Bonchev–Trinajstić information content (AvgIpc) is 2.94. The van der Waals surface area contributed by atoms with Crippen molar-refractivity contribution in [3.05, 3.63) is 121 Å². The Hall–Kier alpha value is -3.84. The molecule has 1 fully saturated rings. The van der Waals surface area contributed by atoms with Crippen LogP contribution in [0, 0.1) is 0 Å². The number of hydrogen-bond acceptors (Lipinski definition) is 1. The van der Waals surface area contributed by atoms with E-state index >= 15 is 0 Å². The Morgan fingerprint density at radius 3 is 1.60 bits per heavy atom. The Labute approximate surface area is 208 Å². The summed E-state index contributed by atoms with van der Waals surface area (Å²) >= 11 is 0. The maximum atomic E-state index is 3.59. The third-order valence-corrected chi connectivity index (χ3v) is 7.44. The van der Waals surface area contributed by atoms with Crippen LogP contribution in [0.25, 0.3) is 33.0 Å². The van der Waals surface area contributed by atoms with E-state index < -0.39 is 0 Å². The summed E-state index contributed by atoms with van der Waals surface area (Å²) < 4.78 is 0. The van der Waals surface area contributed by atoms with Crippen molar-refractivity contribution >= 4 is 22.1 Å². The Bertz CT molecular complexity index is 1410. The van der Waals surface area contributed by atoms with Gasteiger partial charge in [-0.25, -0.2) is 0 Å². The van der Waals surface area contributed by atoms with Gasteiger partial charge < -0.3 is 5.32 Å². The fourth-order valence-electron chi connectivity index (χ4n) is 5.51. The summed E-state index contributed by atoms with van der Waals surface area (Å²) in [5.41, 5.74) is 8.76. The molecule has 0 bridgehead atoms. The van der Waals surface area contributed by atoms with Gasteiger partial charge in [-0.05, 0) is 93.7 Å². The Morgan fingerprint density at radius 1 is 0.486 bits per heavy atom. The molecular weight excluding hydrogens is 422 g/mol. The van der Waals surface area contributed by atoms with E-state index in [4.69, 9.17) is 0 Å². The molecule has 0 spiro atoms. The third-order valence-electron chi connectivity index (χ3n) is 7.44. The fraction of sp³-hybridized carbons (Fsp3) is 0.176. The molecule has 0 aliphatic heterocycles. The van der Waals surface area contributed by atoms with Crippen molar-refractivity contribution in [3.8, 4) is 22.3 Å². The molecule has 1 heteroatoms. The Kier molecular flexibility index (Phi) is 6.07. The van der Waals surface area contributed by atoms with E-state index in [1.807, 2.05) is 0 Å².